The number of esters is 3. The number of ether oxygens (including phenoxy) is 3. The first-order valence-corrected chi connectivity index (χ1v) is 28.4. The van der Waals surface area contributed by atoms with Crippen molar-refractivity contribution in [3.8, 4) is 0 Å². The van der Waals surface area contributed by atoms with E-state index in [2.05, 4.69) is 87.6 Å². The van der Waals surface area contributed by atoms with Crippen LogP contribution in [0.2, 0.25) is 0 Å². The van der Waals surface area contributed by atoms with E-state index in [9.17, 15) is 14.4 Å². The molecule has 0 saturated carbocycles. The van der Waals surface area contributed by atoms with Crippen molar-refractivity contribution in [3.63, 3.8) is 0 Å². The maximum Gasteiger partial charge on any atom is 0.306 e. The molecule has 0 aromatic rings. The van der Waals surface area contributed by atoms with Crippen molar-refractivity contribution in [3.05, 3.63) is 72.9 Å². The maximum atomic E-state index is 12.8. The normalized spacial score (nSPS) is 12.6. The standard InChI is InChI=1S/C61H106O6/c1-4-7-10-13-16-19-22-25-28-29-30-31-34-36-39-42-45-48-51-54-60(63)66-57-58(67-61(64)55-52-49-46-43-40-37-33-27-24-21-18-15-12-9-6-3)56-65-59(62)53-50-47-44-41-38-35-32-26-23-20-17-14-11-8-5-2/h7,10,16,19,25,28,30-31,36,39,45,48,58H,4-6,8-9,11-15,17-18,20-24,26-27,29,32-35,37-38,40-44,46-47,49-57H2,1-3H3/b10-7-,19-16-,28-25-,31-30-,39-36-,48-45-. The highest BCUT2D eigenvalue weighted by Gasteiger charge is 2.19. The molecule has 67 heavy (non-hydrogen) atoms. The van der Waals surface area contributed by atoms with Gasteiger partial charge in [-0.05, 0) is 57.8 Å². The Morgan fingerprint density at radius 3 is 0.910 bits per heavy atom. The van der Waals surface area contributed by atoms with Crippen LogP contribution in [0.3, 0.4) is 0 Å². The number of allylic oxidation sites excluding steroid dienone is 12. The van der Waals surface area contributed by atoms with Crippen molar-refractivity contribution in [2.75, 3.05) is 13.2 Å². The highest BCUT2D eigenvalue weighted by molar-refractivity contribution is 5.71. The summed E-state index contributed by atoms with van der Waals surface area (Å²) in [5, 5.41) is 0. The summed E-state index contributed by atoms with van der Waals surface area (Å²) in [5.74, 6) is -0.971. The molecule has 0 bridgehead atoms. The molecule has 6 nitrogen and oxygen atoms in total. The van der Waals surface area contributed by atoms with Crippen molar-refractivity contribution in [1.29, 1.82) is 0 Å². The lowest BCUT2D eigenvalue weighted by Crippen LogP contribution is -2.30. The van der Waals surface area contributed by atoms with Crippen LogP contribution in [-0.4, -0.2) is 37.2 Å². The third-order valence-electron chi connectivity index (χ3n) is 12.2. The largest absolute Gasteiger partial charge is 0.462 e. The van der Waals surface area contributed by atoms with E-state index in [1.165, 1.54) is 154 Å². The molecule has 0 aromatic heterocycles. The van der Waals surface area contributed by atoms with Gasteiger partial charge in [-0.1, -0.05) is 273 Å². The number of unbranched alkanes of at least 4 members (excludes halogenated alkanes) is 28. The van der Waals surface area contributed by atoms with Gasteiger partial charge in [0.2, 0.25) is 0 Å². The minimum atomic E-state index is -0.802. The van der Waals surface area contributed by atoms with Gasteiger partial charge in [0.05, 0.1) is 0 Å². The molecule has 6 heteroatoms. The summed E-state index contributed by atoms with van der Waals surface area (Å²) in [5.41, 5.74) is 0. The van der Waals surface area contributed by atoms with E-state index in [0.717, 1.165) is 77.0 Å². The zero-order valence-corrected chi connectivity index (χ0v) is 44.2. The monoisotopic (exact) mass is 935 g/mol. The van der Waals surface area contributed by atoms with Gasteiger partial charge in [-0.2, -0.15) is 0 Å². The van der Waals surface area contributed by atoms with E-state index in [0.29, 0.717) is 19.3 Å². The van der Waals surface area contributed by atoms with E-state index >= 15 is 0 Å². The molecule has 0 saturated heterocycles. The molecule has 0 heterocycles. The lowest BCUT2D eigenvalue weighted by Gasteiger charge is -2.18. The van der Waals surface area contributed by atoms with Crippen molar-refractivity contribution in [1.82, 2.24) is 0 Å². The second-order valence-corrected chi connectivity index (χ2v) is 18.8. The number of hydrogen-bond donors (Lipinski definition) is 0. The van der Waals surface area contributed by atoms with Crippen LogP contribution in [0.4, 0.5) is 0 Å². The maximum absolute atomic E-state index is 12.8. The predicted octanol–water partition coefficient (Wildman–Crippen LogP) is 19.0. The molecule has 0 radical (unpaired) electrons. The van der Waals surface area contributed by atoms with E-state index in [1.54, 1.807) is 0 Å². The number of carbonyl (C=O) groups excluding carboxylic acids is 3. The third-order valence-corrected chi connectivity index (χ3v) is 12.2. The molecular formula is C61H106O6. The Labute approximate surface area is 414 Å². The molecule has 1 unspecified atom stereocenters. The molecule has 0 aromatic carbocycles. The van der Waals surface area contributed by atoms with Crippen molar-refractivity contribution < 1.29 is 28.6 Å². The Morgan fingerprint density at radius 2 is 0.582 bits per heavy atom. The van der Waals surface area contributed by atoms with E-state index in [-0.39, 0.29) is 37.5 Å². The Hall–Kier alpha value is -3.15. The van der Waals surface area contributed by atoms with Gasteiger partial charge < -0.3 is 14.2 Å². The van der Waals surface area contributed by atoms with Crippen LogP contribution >= 0.6 is 0 Å². The average molecular weight is 936 g/mol. The Kier molecular flexibility index (Phi) is 52.8. The molecule has 386 valence electrons. The molecule has 0 aliphatic rings. The first-order valence-electron chi connectivity index (χ1n) is 28.4. The zero-order valence-electron chi connectivity index (χ0n) is 44.2. The quantitative estimate of drug-likeness (QED) is 0.0262. The van der Waals surface area contributed by atoms with Crippen LogP contribution in [0.15, 0.2) is 72.9 Å². The molecule has 0 spiro atoms. The molecule has 0 aliphatic heterocycles. The summed E-state index contributed by atoms with van der Waals surface area (Å²) < 4.78 is 16.8. The third kappa shape index (κ3) is 53.7. The fourth-order valence-corrected chi connectivity index (χ4v) is 8.00. The lowest BCUT2D eigenvalue weighted by molar-refractivity contribution is -0.166. The minimum Gasteiger partial charge on any atom is -0.462 e. The summed E-state index contributed by atoms with van der Waals surface area (Å²) in [6, 6.07) is 0. The molecule has 0 fully saturated rings. The summed E-state index contributed by atoms with van der Waals surface area (Å²) in [4.78, 5) is 38.1. The Morgan fingerprint density at radius 1 is 0.313 bits per heavy atom. The predicted molar refractivity (Wildman–Crippen MR) is 288 cm³/mol. The fraction of sp³-hybridized carbons (Fsp3) is 0.754. The van der Waals surface area contributed by atoms with Gasteiger partial charge in [-0.25, -0.2) is 0 Å². The van der Waals surface area contributed by atoms with E-state index in [1.807, 2.05) is 6.08 Å². The van der Waals surface area contributed by atoms with Gasteiger partial charge in [0.1, 0.15) is 13.2 Å². The molecule has 0 rings (SSSR count). The zero-order chi connectivity index (χ0) is 48.6. The SMILES string of the molecule is CC/C=C\C/C=C\C/C=C\C/C=C\C/C=C\C/C=C\CCC(=O)OCC(COC(=O)CCCCCCCCCCCCCCCCC)OC(=O)CCCCCCCCCCCCCCCCC. The van der Waals surface area contributed by atoms with Gasteiger partial charge in [0.25, 0.3) is 0 Å². The molecule has 0 amide bonds. The van der Waals surface area contributed by atoms with Crippen LogP contribution in [0, 0.1) is 0 Å². The Bertz CT molecular complexity index is 1260. The van der Waals surface area contributed by atoms with Crippen LogP contribution in [-0.2, 0) is 28.6 Å². The second-order valence-electron chi connectivity index (χ2n) is 18.8. The van der Waals surface area contributed by atoms with E-state index in [4.69, 9.17) is 14.2 Å². The van der Waals surface area contributed by atoms with Gasteiger partial charge in [0, 0.05) is 19.3 Å². The first-order chi connectivity index (χ1) is 33.0. The molecule has 0 aliphatic carbocycles. The van der Waals surface area contributed by atoms with Crippen molar-refractivity contribution in [2.24, 2.45) is 0 Å². The molecule has 0 N–H and O–H groups in total. The average Bonchev–Trinajstić information content (AvgIpc) is 3.33. The summed E-state index contributed by atoms with van der Waals surface area (Å²) in [6.07, 6.45) is 70.4. The van der Waals surface area contributed by atoms with Crippen molar-refractivity contribution in [2.45, 2.75) is 284 Å². The lowest BCUT2D eigenvalue weighted by atomic mass is 10.0. The summed E-state index contributed by atoms with van der Waals surface area (Å²) >= 11 is 0. The number of hydrogen-bond acceptors (Lipinski definition) is 6. The molecule has 1 atom stereocenters. The van der Waals surface area contributed by atoms with Gasteiger partial charge in [-0.15, -0.1) is 0 Å². The van der Waals surface area contributed by atoms with Gasteiger partial charge in [-0.3, -0.25) is 14.4 Å². The van der Waals surface area contributed by atoms with E-state index < -0.39 is 6.10 Å². The second kappa shape index (κ2) is 55.4. The van der Waals surface area contributed by atoms with Gasteiger partial charge >= 0.3 is 17.9 Å². The number of carbonyl (C=O) groups is 3. The highest BCUT2D eigenvalue weighted by Crippen LogP contribution is 2.16. The van der Waals surface area contributed by atoms with Crippen molar-refractivity contribution >= 4 is 17.9 Å². The summed E-state index contributed by atoms with van der Waals surface area (Å²) in [7, 11) is 0. The molecular weight excluding hydrogens is 829 g/mol. The van der Waals surface area contributed by atoms with Crippen LogP contribution in [0.5, 0.6) is 0 Å². The minimum absolute atomic E-state index is 0.0946. The summed E-state index contributed by atoms with van der Waals surface area (Å²) in [6.45, 7) is 6.49. The topological polar surface area (TPSA) is 78.9 Å². The highest BCUT2D eigenvalue weighted by atomic mass is 16.6. The van der Waals surface area contributed by atoms with Crippen LogP contribution in [0.25, 0.3) is 0 Å². The first kappa shape index (κ1) is 63.8. The van der Waals surface area contributed by atoms with Crippen LogP contribution in [0.1, 0.15) is 278 Å². The fourth-order valence-electron chi connectivity index (χ4n) is 8.00. The smallest absolute Gasteiger partial charge is 0.306 e. The number of rotatable bonds is 51. The Balaban J connectivity index is 4.46. The van der Waals surface area contributed by atoms with Gasteiger partial charge in [0.15, 0.2) is 6.10 Å². The van der Waals surface area contributed by atoms with Crippen LogP contribution < -0.4 is 0 Å².